The van der Waals surface area contributed by atoms with Crippen molar-refractivity contribution < 1.29 is 8.81 Å². The lowest BCUT2D eigenvalue weighted by Crippen LogP contribution is -2.10. The van der Waals surface area contributed by atoms with E-state index in [4.69, 9.17) is 4.42 Å². The lowest BCUT2D eigenvalue weighted by molar-refractivity contribution is 0.517. The monoisotopic (exact) mass is 323 g/mol. The van der Waals surface area contributed by atoms with E-state index in [2.05, 4.69) is 20.3 Å². The molecule has 2 aliphatic heterocycles. The predicted octanol–water partition coefficient (Wildman–Crippen LogP) is 3.17. The summed E-state index contributed by atoms with van der Waals surface area (Å²) < 4.78 is 20.2. The number of imidazole rings is 1. The van der Waals surface area contributed by atoms with E-state index in [0.29, 0.717) is 24.6 Å². The van der Waals surface area contributed by atoms with E-state index in [1.54, 1.807) is 24.7 Å². The van der Waals surface area contributed by atoms with Crippen LogP contribution in [-0.2, 0) is 13.1 Å². The van der Waals surface area contributed by atoms with Crippen LogP contribution < -0.4 is 5.32 Å². The molecule has 0 fully saturated rings. The topological polar surface area (TPSA) is 68.8 Å². The maximum Gasteiger partial charge on any atom is 0.165 e. The fraction of sp³-hybridized carbons (Fsp3) is 0.118. The van der Waals surface area contributed by atoms with E-state index >= 15 is 0 Å². The van der Waals surface area contributed by atoms with Crippen LogP contribution in [0.5, 0.6) is 0 Å². The smallest absolute Gasteiger partial charge is 0.165 e. The molecule has 120 valence electrons. The lowest BCUT2D eigenvalue weighted by Gasteiger charge is -2.13. The van der Waals surface area contributed by atoms with Gasteiger partial charge in [0.05, 0.1) is 25.7 Å². The SMILES string of the molecule is Fc1ccc(Cn2cnc(NCc3ccco3)c3ncnc2-3)cc1. The van der Waals surface area contributed by atoms with Crippen LogP contribution in [0.25, 0.3) is 11.5 Å². The molecule has 24 heavy (non-hydrogen) atoms. The molecule has 0 saturated carbocycles. The number of fused-ring (bicyclic) bond motifs is 1. The first-order valence-corrected chi connectivity index (χ1v) is 7.46. The molecule has 0 bridgehead atoms. The summed E-state index contributed by atoms with van der Waals surface area (Å²) in [5.41, 5.74) is 1.65. The minimum atomic E-state index is -0.252. The van der Waals surface area contributed by atoms with Crippen LogP contribution in [0.3, 0.4) is 0 Å². The summed E-state index contributed by atoms with van der Waals surface area (Å²) in [7, 11) is 0. The molecule has 7 heteroatoms. The molecule has 4 rings (SSSR count). The van der Waals surface area contributed by atoms with E-state index in [1.165, 1.54) is 18.5 Å². The number of hydrogen-bond acceptors (Lipinski definition) is 5. The van der Waals surface area contributed by atoms with Crippen LogP contribution in [0.15, 0.2) is 59.7 Å². The van der Waals surface area contributed by atoms with E-state index in [1.807, 2.05) is 16.7 Å². The van der Waals surface area contributed by atoms with Crippen molar-refractivity contribution in [1.82, 2.24) is 19.5 Å². The van der Waals surface area contributed by atoms with Crippen molar-refractivity contribution in [3.8, 4) is 11.5 Å². The number of benzene rings is 1. The normalized spacial score (nSPS) is 11.0. The Hall–Kier alpha value is -3.22. The second-order valence-corrected chi connectivity index (χ2v) is 5.33. The van der Waals surface area contributed by atoms with Gasteiger partial charge in [-0.1, -0.05) is 12.1 Å². The first-order valence-electron chi connectivity index (χ1n) is 7.46. The molecule has 2 aliphatic rings. The van der Waals surface area contributed by atoms with Gasteiger partial charge in [-0.25, -0.2) is 19.3 Å². The van der Waals surface area contributed by atoms with Gasteiger partial charge in [-0.15, -0.1) is 0 Å². The third-order valence-electron chi connectivity index (χ3n) is 3.68. The van der Waals surface area contributed by atoms with Crippen molar-refractivity contribution in [2.75, 3.05) is 5.32 Å². The minimum absolute atomic E-state index is 0.252. The average Bonchev–Trinajstić information content (AvgIpc) is 3.27. The molecule has 0 aliphatic carbocycles. The number of hydrogen-bond donors (Lipinski definition) is 1. The number of anilines is 1. The Labute approximate surface area is 137 Å². The van der Waals surface area contributed by atoms with Crippen LogP contribution in [0, 0.1) is 5.82 Å². The van der Waals surface area contributed by atoms with E-state index in [-0.39, 0.29) is 5.82 Å². The van der Waals surface area contributed by atoms with Crippen molar-refractivity contribution in [3.05, 3.63) is 72.5 Å². The maximum atomic E-state index is 13.0. The highest BCUT2D eigenvalue weighted by Gasteiger charge is 2.17. The molecule has 6 nitrogen and oxygen atoms in total. The number of aromatic nitrogens is 4. The first-order chi connectivity index (χ1) is 11.8. The van der Waals surface area contributed by atoms with Gasteiger partial charge >= 0.3 is 0 Å². The highest BCUT2D eigenvalue weighted by Crippen LogP contribution is 2.25. The summed E-state index contributed by atoms with van der Waals surface area (Å²) in [6, 6.07) is 10.1. The Balaban J connectivity index is 1.58. The Kier molecular flexibility index (Phi) is 3.66. The van der Waals surface area contributed by atoms with Crippen LogP contribution in [-0.4, -0.2) is 19.5 Å². The summed E-state index contributed by atoms with van der Waals surface area (Å²) in [4.78, 5) is 13.0. The number of halogens is 1. The van der Waals surface area contributed by atoms with Crippen LogP contribution in [0.4, 0.5) is 10.2 Å². The fourth-order valence-electron chi connectivity index (χ4n) is 2.50. The van der Waals surface area contributed by atoms with Crippen molar-refractivity contribution in [2.45, 2.75) is 13.1 Å². The zero-order valence-corrected chi connectivity index (χ0v) is 12.7. The second kappa shape index (κ2) is 6.11. The molecule has 1 N–H and O–H groups in total. The van der Waals surface area contributed by atoms with Crippen LogP contribution in [0.1, 0.15) is 11.3 Å². The van der Waals surface area contributed by atoms with E-state index < -0.39 is 0 Å². The molecule has 2 aromatic rings. The average molecular weight is 323 g/mol. The molecule has 0 radical (unpaired) electrons. The molecule has 0 amide bonds. The van der Waals surface area contributed by atoms with Gasteiger partial charge in [-0.3, -0.25) is 0 Å². The molecule has 0 unspecified atom stereocenters. The number of rotatable bonds is 5. The number of furan rings is 1. The predicted molar refractivity (Wildman–Crippen MR) is 86.0 cm³/mol. The van der Waals surface area contributed by atoms with Gasteiger partial charge in [0.1, 0.15) is 17.9 Å². The third kappa shape index (κ3) is 2.83. The Morgan fingerprint density at radius 2 is 1.96 bits per heavy atom. The standard InChI is InChI=1S/C17H14FN5O/c18-13-5-3-12(4-6-13)9-23-11-22-16(15-17(23)21-10-20-15)19-8-14-2-1-7-24-14/h1-7,10-11,19H,8-9H2. The summed E-state index contributed by atoms with van der Waals surface area (Å²) >= 11 is 0. The summed E-state index contributed by atoms with van der Waals surface area (Å²) in [6.45, 7) is 1.06. The van der Waals surface area contributed by atoms with Crippen molar-refractivity contribution >= 4 is 5.82 Å². The van der Waals surface area contributed by atoms with Gasteiger partial charge in [0, 0.05) is 0 Å². The van der Waals surface area contributed by atoms with Gasteiger partial charge in [0.25, 0.3) is 0 Å². The summed E-state index contributed by atoms with van der Waals surface area (Å²) in [5.74, 6) is 1.93. The highest BCUT2D eigenvalue weighted by molar-refractivity contribution is 5.66. The van der Waals surface area contributed by atoms with Gasteiger partial charge in [0.2, 0.25) is 0 Å². The number of nitrogens with zero attached hydrogens (tertiary/aromatic N) is 4. The third-order valence-corrected chi connectivity index (χ3v) is 3.68. The largest absolute Gasteiger partial charge is 0.467 e. The molecular formula is C17H14FN5O. The molecule has 1 aromatic carbocycles. The Bertz CT molecular complexity index is 901. The molecular weight excluding hydrogens is 309 g/mol. The molecule has 0 atom stereocenters. The quantitative estimate of drug-likeness (QED) is 0.611. The van der Waals surface area contributed by atoms with Crippen molar-refractivity contribution in [2.24, 2.45) is 0 Å². The lowest BCUT2D eigenvalue weighted by atomic mass is 10.2. The molecule has 0 saturated heterocycles. The first kappa shape index (κ1) is 14.4. The Morgan fingerprint density at radius 3 is 2.75 bits per heavy atom. The van der Waals surface area contributed by atoms with Gasteiger partial charge in [0.15, 0.2) is 17.3 Å². The second-order valence-electron chi connectivity index (χ2n) is 5.33. The molecule has 3 heterocycles. The van der Waals surface area contributed by atoms with E-state index in [0.717, 1.165) is 17.1 Å². The Morgan fingerprint density at radius 1 is 1.08 bits per heavy atom. The zero-order valence-electron chi connectivity index (χ0n) is 12.7. The summed E-state index contributed by atoms with van der Waals surface area (Å²) in [6.07, 6.45) is 4.83. The highest BCUT2D eigenvalue weighted by atomic mass is 19.1. The maximum absolute atomic E-state index is 13.0. The zero-order chi connectivity index (χ0) is 16.4. The number of nitrogens with one attached hydrogen (secondary N) is 1. The van der Waals surface area contributed by atoms with Crippen molar-refractivity contribution in [3.63, 3.8) is 0 Å². The van der Waals surface area contributed by atoms with Gasteiger partial charge in [-0.05, 0) is 29.8 Å². The van der Waals surface area contributed by atoms with Gasteiger partial charge < -0.3 is 14.3 Å². The minimum Gasteiger partial charge on any atom is -0.467 e. The molecule has 0 spiro atoms. The molecule has 1 aromatic heterocycles. The van der Waals surface area contributed by atoms with Gasteiger partial charge in [-0.2, -0.15) is 0 Å². The van der Waals surface area contributed by atoms with E-state index in [9.17, 15) is 4.39 Å². The fourth-order valence-corrected chi connectivity index (χ4v) is 2.50. The van der Waals surface area contributed by atoms with Crippen LogP contribution in [0.2, 0.25) is 0 Å². The van der Waals surface area contributed by atoms with Crippen molar-refractivity contribution in [1.29, 1.82) is 0 Å². The van der Waals surface area contributed by atoms with Crippen LogP contribution >= 0.6 is 0 Å². The summed E-state index contributed by atoms with van der Waals surface area (Å²) in [5, 5.41) is 3.20.